The highest BCUT2D eigenvalue weighted by molar-refractivity contribution is 5.85. The molecule has 2 atom stereocenters. The van der Waals surface area contributed by atoms with Gasteiger partial charge in [0.1, 0.15) is 5.60 Å². The molecule has 2 unspecified atom stereocenters. The van der Waals surface area contributed by atoms with Gasteiger partial charge >= 0.3 is 6.09 Å². The average Bonchev–Trinajstić information content (AvgIpc) is 2.93. The molecule has 1 fully saturated rings. The second-order valence-electron chi connectivity index (χ2n) is 5.76. The topological polar surface area (TPSA) is 64.3 Å². The fraction of sp³-hybridized carbons (Fsp3) is 0.500. The molecule has 1 aliphatic carbocycles. The van der Waals surface area contributed by atoms with Crippen LogP contribution in [0.25, 0.3) is 0 Å². The van der Waals surface area contributed by atoms with Gasteiger partial charge in [-0.15, -0.1) is 0 Å². The molecule has 1 saturated carbocycles. The molecule has 0 saturated heterocycles. The fourth-order valence-corrected chi connectivity index (χ4v) is 1.87. The maximum Gasteiger partial charge on any atom is 0.412 e. The molecule has 0 spiro atoms. The van der Waals surface area contributed by atoms with E-state index in [-0.39, 0.29) is 6.04 Å². The molecule has 0 bridgehead atoms. The Hall–Kier alpha value is -1.55. The van der Waals surface area contributed by atoms with E-state index in [0.717, 1.165) is 12.1 Å². The first-order chi connectivity index (χ1) is 8.35. The van der Waals surface area contributed by atoms with Gasteiger partial charge in [0.05, 0.1) is 0 Å². The number of carbonyl (C=O) groups is 1. The van der Waals surface area contributed by atoms with Gasteiger partial charge in [0, 0.05) is 17.6 Å². The number of benzene rings is 1. The van der Waals surface area contributed by atoms with E-state index >= 15 is 0 Å². The third kappa shape index (κ3) is 3.47. The minimum absolute atomic E-state index is 0.266. The predicted octanol–water partition coefficient (Wildman–Crippen LogP) is 2.85. The Balaban J connectivity index is 1.99. The van der Waals surface area contributed by atoms with Gasteiger partial charge < -0.3 is 10.5 Å². The maximum atomic E-state index is 11.6. The van der Waals surface area contributed by atoms with E-state index in [2.05, 4.69) is 5.32 Å². The van der Waals surface area contributed by atoms with Gasteiger partial charge in [-0.05, 0) is 44.9 Å². The second kappa shape index (κ2) is 4.61. The highest BCUT2D eigenvalue weighted by atomic mass is 16.6. The standard InChI is InChI=1S/C14H20N2O2/c1-14(2,3)18-13(17)16-10-6-4-5-9(7-10)11-8-12(11)15/h4-7,11-12H,8,15H2,1-3H3,(H,16,17). The number of rotatable bonds is 2. The summed E-state index contributed by atoms with van der Waals surface area (Å²) < 4.78 is 5.20. The van der Waals surface area contributed by atoms with Crippen molar-refractivity contribution in [2.24, 2.45) is 5.73 Å². The summed E-state index contributed by atoms with van der Waals surface area (Å²) in [5, 5.41) is 2.73. The van der Waals surface area contributed by atoms with Gasteiger partial charge in [-0.3, -0.25) is 5.32 Å². The number of amides is 1. The van der Waals surface area contributed by atoms with E-state index in [4.69, 9.17) is 10.5 Å². The molecule has 1 aliphatic rings. The lowest BCUT2D eigenvalue weighted by Gasteiger charge is -2.19. The zero-order chi connectivity index (χ0) is 13.3. The molecule has 0 aliphatic heterocycles. The fourth-order valence-electron chi connectivity index (χ4n) is 1.87. The highest BCUT2D eigenvalue weighted by Crippen LogP contribution is 2.39. The number of hydrogen-bond donors (Lipinski definition) is 2. The summed E-state index contributed by atoms with van der Waals surface area (Å²) in [4.78, 5) is 11.6. The Bertz CT molecular complexity index is 451. The lowest BCUT2D eigenvalue weighted by atomic mass is 10.1. The Morgan fingerprint density at radius 3 is 2.67 bits per heavy atom. The summed E-state index contributed by atoms with van der Waals surface area (Å²) in [5.41, 5.74) is 7.26. The van der Waals surface area contributed by atoms with E-state index < -0.39 is 11.7 Å². The van der Waals surface area contributed by atoms with Crippen molar-refractivity contribution < 1.29 is 9.53 Å². The Labute approximate surface area is 108 Å². The third-order valence-electron chi connectivity index (χ3n) is 2.80. The molecule has 1 amide bonds. The molecule has 0 heterocycles. The van der Waals surface area contributed by atoms with Crippen molar-refractivity contribution in [3.8, 4) is 0 Å². The summed E-state index contributed by atoms with van der Waals surface area (Å²) in [6.45, 7) is 5.52. The van der Waals surface area contributed by atoms with Gasteiger partial charge in [0.2, 0.25) is 0 Å². The number of anilines is 1. The van der Waals surface area contributed by atoms with Crippen LogP contribution < -0.4 is 11.1 Å². The number of carbonyl (C=O) groups excluding carboxylic acids is 1. The van der Waals surface area contributed by atoms with Crippen LogP contribution in [0.3, 0.4) is 0 Å². The average molecular weight is 248 g/mol. The Morgan fingerprint density at radius 2 is 2.11 bits per heavy atom. The van der Waals surface area contributed by atoms with Crippen LogP contribution in [0.2, 0.25) is 0 Å². The quantitative estimate of drug-likeness (QED) is 0.845. The van der Waals surface area contributed by atoms with Crippen molar-refractivity contribution in [3.05, 3.63) is 29.8 Å². The van der Waals surface area contributed by atoms with E-state index in [1.54, 1.807) is 0 Å². The van der Waals surface area contributed by atoms with Crippen molar-refractivity contribution in [3.63, 3.8) is 0 Å². The first kappa shape index (κ1) is 12.9. The highest BCUT2D eigenvalue weighted by Gasteiger charge is 2.34. The molecule has 1 aromatic rings. The number of nitrogens with one attached hydrogen (secondary N) is 1. The molecule has 18 heavy (non-hydrogen) atoms. The van der Waals surface area contributed by atoms with Crippen LogP contribution in [-0.2, 0) is 4.74 Å². The Morgan fingerprint density at radius 1 is 1.44 bits per heavy atom. The molecule has 0 aromatic heterocycles. The summed E-state index contributed by atoms with van der Waals surface area (Å²) >= 11 is 0. The van der Waals surface area contributed by atoms with E-state index in [9.17, 15) is 4.79 Å². The SMILES string of the molecule is CC(C)(C)OC(=O)Nc1cccc(C2CC2N)c1. The molecular formula is C14H20N2O2. The monoisotopic (exact) mass is 248 g/mol. The largest absolute Gasteiger partial charge is 0.444 e. The first-order valence-electron chi connectivity index (χ1n) is 6.21. The summed E-state index contributed by atoms with van der Waals surface area (Å²) in [5.74, 6) is 0.436. The number of ether oxygens (including phenoxy) is 1. The third-order valence-corrected chi connectivity index (χ3v) is 2.80. The lowest BCUT2D eigenvalue weighted by Crippen LogP contribution is -2.27. The molecule has 2 rings (SSSR count). The zero-order valence-electron chi connectivity index (χ0n) is 11.1. The van der Waals surface area contributed by atoms with Crippen molar-refractivity contribution in [1.29, 1.82) is 0 Å². The van der Waals surface area contributed by atoms with Crippen LogP contribution in [0.4, 0.5) is 10.5 Å². The summed E-state index contributed by atoms with van der Waals surface area (Å²) in [6.07, 6.45) is 0.593. The van der Waals surface area contributed by atoms with Gasteiger partial charge in [-0.1, -0.05) is 12.1 Å². The molecule has 4 heteroatoms. The summed E-state index contributed by atoms with van der Waals surface area (Å²) in [7, 11) is 0. The van der Waals surface area contributed by atoms with Gasteiger partial charge in [0.15, 0.2) is 0 Å². The molecule has 0 radical (unpaired) electrons. The van der Waals surface area contributed by atoms with Crippen LogP contribution >= 0.6 is 0 Å². The molecule has 4 nitrogen and oxygen atoms in total. The van der Waals surface area contributed by atoms with Crippen molar-refractivity contribution in [1.82, 2.24) is 0 Å². The van der Waals surface area contributed by atoms with Crippen molar-refractivity contribution in [2.45, 2.75) is 44.8 Å². The van der Waals surface area contributed by atoms with Gasteiger partial charge in [-0.25, -0.2) is 4.79 Å². The van der Waals surface area contributed by atoms with Crippen LogP contribution in [-0.4, -0.2) is 17.7 Å². The Kier molecular flexibility index (Phi) is 3.30. The molecule has 3 N–H and O–H groups in total. The van der Waals surface area contributed by atoms with Gasteiger partial charge in [-0.2, -0.15) is 0 Å². The predicted molar refractivity (Wildman–Crippen MR) is 71.6 cm³/mol. The molecular weight excluding hydrogens is 228 g/mol. The molecule has 1 aromatic carbocycles. The summed E-state index contributed by atoms with van der Waals surface area (Å²) in [6, 6.07) is 8.04. The zero-order valence-corrected chi connectivity index (χ0v) is 11.1. The smallest absolute Gasteiger partial charge is 0.412 e. The van der Waals surface area contributed by atoms with Crippen LogP contribution in [0.15, 0.2) is 24.3 Å². The normalized spacial score (nSPS) is 22.4. The van der Waals surface area contributed by atoms with Crippen LogP contribution in [0.1, 0.15) is 38.7 Å². The first-order valence-corrected chi connectivity index (χ1v) is 6.21. The van der Waals surface area contributed by atoms with E-state index in [1.165, 1.54) is 5.56 Å². The van der Waals surface area contributed by atoms with Gasteiger partial charge in [0.25, 0.3) is 0 Å². The number of nitrogens with two attached hydrogens (primary N) is 1. The number of hydrogen-bond acceptors (Lipinski definition) is 3. The minimum Gasteiger partial charge on any atom is -0.444 e. The lowest BCUT2D eigenvalue weighted by molar-refractivity contribution is 0.0636. The minimum atomic E-state index is -0.486. The van der Waals surface area contributed by atoms with Crippen molar-refractivity contribution in [2.75, 3.05) is 5.32 Å². The van der Waals surface area contributed by atoms with Crippen molar-refractivity contribution >= 4 is 11.8 Å². The maximum absolute atomic E-state index is 11.6. The molecule has 98 valence electrons. The van der Waals surface area contributed by atoms with E-state index in [1.807, 2.05) is 45.0 Å². The second-order valence-corrected chi connectivity index (χ2v) is 5.76. The van der Waals surface area contributed by atoms with Crippen LogP contribution in [0, 0.1) is 0 Å². The van der Waals surface area contributed by atoms with Crippen LogP contribution in [0.5, 0.6) is 0 Å². The van der Waals surface area contributed by atoms with E-state index in [0.29, 0.717) is 5.92 Å².